The van der Waals surface area contributed by atoms with Gasteiger partial charge in [-0.3, -0.25) is 4.79 Å². The summed E-state index contributed by atoms with van der Waals surface area (Å²) in [5, 5.41) is 19.0. The Morgan fingerprint density at radius 1 is 1.00 bits per heavy atom. The van der Waals surface area contributed by atoms with Crippen molar-refractivity contribution in [3.05, 3.63) is 0 Å². The highest BCUT2D eigenvalue weighted by atomic mass is 16.3. The van der Waals surface area contributed by atoms with Gasteiger partial charge in [0, 0.05) is 19.0 Å². The van der Waals surface area contributed by atoms with Crippen LogP contribution in [0.15, 0.2) is 0 Å². The largest absolute Gasteiger partial charge is 0.388 e. The molecular weight excluding hydrogens is 242 g/mol. The predicted molar refractivity (Wildman–Crippen MR) is 73.5 cm³/mol. The lowest BCUT2D eigenvalue weighted by Gasteiger charge is -2.37. The molecule has 2 atom stereocenters. The highest BCUT2D eigenvalue weighted by molar-refractivity contribution is 5.79. The van der Waals surface area contributed by atoms with E-state index >= 15 is 0 Å². The van der Waals surface area contributed by atoms with Gasteiger partial charge in [-0.25, -0.2) is 0 Å². The van der Waals surface area contributed by atoms with Crippen LogP contribution in [0.2, 0.25) is 0 Å². The van der Waals surface area contributed by atoms with E-state index in [9.17, 15) is 15.0 Å². The molecule has 2 aliphatic rings. The molecule has 1 amide bonds. The maximum Gasteiger partial charge on any atom is 0.225 e. The second kappa shape index (κ2) is 5.41. The number of β-amino-alcohol motifs (C(OH)–C–C–N with tert-alkyl or cyclic N) is 2. The van der Waals surface area contributed by atoms with Gasteiger partial charge >= 0.3 is 0 Å². The number of amides is 1. The number of aliphatic hydroxyl groups is 2. The van der Waals surface area contributed by atoms with E-state index in [-0.39, 0.29) is 11.8 Å². The predicted octanol–water partition coefficient (Wildman–Crippen LogP) is 1.40. The van der Waals surface area contributed by atoms with Gasteiger partial charge in [0.05, 0.1) is 12.2 Å². The molecule has 1 heterocycles. The van der Waals surface area contributed by atoms with E-state index in [1.54, 1.807) is 4.90 Å². The smallest absolute Gasteiger partial charge is 0.225 e. The minimum atomic E-state index is -0.769. The van der Waals surface area contributed by atoms with E-state index in [2.05, 4.69) is 20.8 Å². The number of carbonyl (C=O) groups is 1. The number of aliphatic hydroxyl groups excluding tert-OH is 2. The maximum atomic E-state index is 12.4. The van der Waals surface area contributed by atoms with Crippen LogP contribution in [0.3, 0.4) is 0 Å². The number of nitrogens with zero attached hydrogens (tertiary/aromatic N) is 1. The van der Waals surface area contributed by atoms with Crippen LogP contribution >= 0.6 is 0 Å². The lowest BCUT2D eigenvalue weighted by Crippen LogP contribution is -2.38. The fourth-order valence-corrected chi connectivity index (χ4v) is 3.41. The Morgan fingerprint density at radius 2 is 1.47 bits per heavy atom. The van der Waals surface area contributed by atoms with E-state index < -0.39 is 12.2 Å². The fourth-order valence-electron chi connectivity index (χ4n) is 3.41. The summed E-state index contributed by atoms with van der Waals surface area (Å²) in [5.74, 6) is 0.922. The number of hydrogen-bond donors (Lipinski definition) is 2. The lowest BCUT2D eigenvalue weighted by atomic mass is 9.69. The van der Waals surface area contributed by atoms with Crippen molar-refractivity contribution in [2.24, 2.45) is 17.3 Å². The summed E-state index contributed by atoms with van der Waals surface area (Å²) in [7, 11) is 0. The molecule has 4 nitrogen and oxygen atoms in total. The highest BCUT2D eigenvalue weighted by Crippen LogP contribution is 2.40. The second-order valence-corrected chi connectivity index (χ2v) is 7.29. The number of carbonyl (C=O) groups excluding carboxylic acids is 1. The van der Waals surface area contributed by atoms with Crippen LogP contribution in [0.25, 0.3) is 0 Å². The summed E-state index contributed by atoms with van der Waals surface area (Å²) in [6, 6.07) is 0. The van der Waals surface area contributed by atoms with Crippen LogP contribution < -0.4 is 0 Å². The molecule has 1 saturated heterocycles. The third-order valence-electron chi connectivity index (χ3n) is 4.87. The van der Waals surface area contributed by atoms with Gasteiger partial charge in [-0.1, -0.05) is 20.8 Å². The van der Waals surface area contributed by atoms with Crippen molar-refractivity contribution in [2.75, 3.05) is 13.1 Å². The van der Waals surface area contributed by atoms with Crippen molar-refractivity contribution in [2.45, 2.75) is 58.7 Å². The summed E-state index contributed by atoms with van der Waals surface area (Å²) in [6.07, 6.45) is 2.58. The Balaban J connectivity index is 1.86. The van der Waals surface area contributed by atoms with Gasteiger partial charge in [0.1, 0.15) is 0 Å². The van der Waals surface area contributed by atoms with Crippen molar-refractivity contribution >= 4 is 5.91 Å². The van der Waals surface area contributed by atoms with Gasteiger partial charge in [-0.2, -0.15) is 0 Å². The molecule has 0 aromatic carbocycles. The van der Waals surface area contributed by atoms with E-state index in [1.807, 2.05) is 0 Å². The van der Waals surface area contributed by atoms with Crippen LogP contribution in [0.5, 0.6) is 0 Å². The van der Waals surface area contributed by atoms with E-state index in [1.165, 1.54) is 0 Å². The summed E-state index contributed by atoms with van der Waals surface area (Å²) in [5.41, 5.74) is 0.327. The lowest BCUT2D eigenvalue weighted by molar-refractivity contribution is -0.136. The molecule has 110 valence electrons. The average Bonchev–Trinajstić information content (AvgIpc) is 2.68. The Bertz CT molecular complexity index is 319. The molecule has 0 bridgehead atoms. The van der Waals surface area contributed by atoms with E-state index in [4.69, 9.17) is 0 Å². The Hall–Kier alpha value is -0.610. The van der Waals surface area contributed by atoms with Gasteiger partial charge in [0.2, 0.25) is 5.91 Å². The first-order chi connectivity index (χ1) is 8.79. The van der Waals surface area contributed by atoms with Gasteiger partial charge in [0.15, 0.2) is 0 Å². The molecule has 0 unspecified atom stereocenters. The molecule has 1 aliphatic heterocycles. The van der Waals surface area contributed by atoms with Gasteiger partial charge < -0.3 is 15.1 Å². The molecule has 0 radical (unpaired) electrons. The third kappa shape index (κ3) is 3.29. The van der Waals surface area contributed by atoms with Crippen molar-refractivity contribution in [3.8, 4) is 0 Å². The van der Waals surface area contributed by atoms with Crippen LogP contribution in [0, 0.1) is 17.3 Å². The van der Waals surface area contributed by atoms with Crippen molar-refractivity contribution in [3.63, 3.8) is 0 Å². The zero-order chi connectivity index (χ0) is 14.2. The Morgan fingerprint density at radius 3 is 1.89 bits per heavy atom. The van der Waals surface area contributed by atoms with Crippen molar-refractivity contribution in [1.29, 1.82) is 0 Å². The van der Waals surface area contributed by atoms with Crippen molar-refractivity contribution in [1.82, 2.24) is 4.90 Å². The normalized spacial score (nSPS) is 36.6. The topological polar surface area (TPSA) is 60.8 Å². The summed E-state index contributed by atoms with van der Waals surface area (Å²) in [6.45, 7) is 7.39. The Labute approximate surface area is 115 Å². The minimum Gasteiger partial charge on any atom is -0.388 e. The minimum absolute atomic E-state index is 0.0936. The molecule has 4 heteroatoms. The zero-order valence-corrected chi connectivity index (χ0v) is 12.3. The highest BCUT2D eigenvalue weighted by Gasteiger charge is 2.38. The SMILES string of the molecule is CC(C)(C)C1CCC(C(=O)N2C[C@@H](O)[C@@H](O)C2)CC1. The molecule has 2 rings (SSSR count). The fraction of sp³-hybridized carbons (Fsp3) is 0.933. The standard InChI is InChI=1S/C15H27NO3/c1-15(2,3)11-6-4-10(5-7-11)14(19)16-8-12(17)13(18)9-16/h10-13,17-18H,4-9H2,1-3H3/t10?,11?,12-,13+. The number of rotatable bonds is 1. The maximum absolute atomic E-state index is 12.4. The van der Waals surface area contributed by atoms with Crippen LogP contribution in [0.4, 0.5) is 0 Å². The van der Waals surface area contributed by atoms with Crippen LogP contribution in [-0.4, -0.2) is 46.3 Å². The quantitative estimate of drug-likeness (QED) is 0.756. The molecule has 2 fully saturated rings. The molecule has 0 aromatic heterocycles. The molecular formula is C15H27NO3. The molecule has 1 saturated carbocycles. The third-order valence-corrected chi connectivity index (χ3v) is 4.87. The monoisotopic (exact) mass is 269 g/mol. The van der Waals surface area contributed by atoms with Gasteiger partial charge in [-0.15, -0.1) is 0 Å². The first-order valence-corrected chi connectivity index (χ1v) is 7.44. The summed E-state index contributed by atoms with van der Waals surface area (Å²) < 4.78 is 0. The van der Waals surface area contributed by atoms with Gasteiger partial charge in [0.25, 0.3) is 0 Å². The van der Waals surface area contributed by atoms with E-state index in [0.29, 0.717) is 24.4 Å². The van der Waals surface area contributed by atoms with Crippen LogP contribution in [-0.2, 0) is 4.79 Å². The second-order valence-electron chi connectivity index (χ2n) is 7.29. The molecule has 2 N–H and O–H groups in total. The van der Waals surface area contributed by atoms with Gasteiger partial charge in [-0.05, 0) is 37.0 Å². The molecule has 1 aliphatic carbocycles. The van der Waals surface area contributed by atoms with Crippen LogP contribution in [0.1, 0.15) is 46.5 Å². The molecule has 0 spiro atoms. The summed E-state index contributed by atoms with van der Waals surface area (Å²) in [4.78, 5) is 14.0. The number of likely N-dealkylation sites (tertiary alicyclic amines) is 1. The molecule has 19 heavy (non-hydrogen) atoms. The molecule has 0 aromatic rings. The van der Waals surface area contributed by atoms with E-state index in [0.717, 1.165) is 25.7 Å². The summed E-state index contributed by atoms with van der Waals surface area (Å²) >= 11 is 0. The Kier molecular flexibility index (Phi) is 4.21. The average molecular weight is 269 g/mol. The zero-order valence-electron chi connectivity index (χ0n) is 12.3. The first kappa shape index (κ1) is 14.8. The number of hydrogen-bond acceptors (Lipinski definition) is 3. The first-order valence-electron chi connectivity index (χ1n) is 7.44. The van der Waals surface area contributed by atoms with Crippen molar-refractivity contribution < 1.29 is 15.0 Å².